The van der Waals surface area contributed by atoms with E-state index in [1.54, 1.807) is 49.2 Å². The van der Waals surface area contributed by atoms with Crippen molar-refractivity contribution in [2.45, 2.75) is 25.8 Å². The van der Waals surface area contributed by atoms with Crippen LogP contribution >= 0.6 is 0 Å². The molecule has 0 bridgehead atoms. The molecular formula is C22H27N5O2. The summed E-state index contributed by atoms with van der Waals surface area (Å²) in [5.74, 6) is 0.558. The van der Waals surface area contributed by atoms with E-state index in [0.717, 1.165) is 37.2 Å². The van der Waals surface area contributed by atoms with Crippen LogP contribution in [-0.4, -0.2) is 48.7 Å². The molecule has 0 amide bonds. The first-order chi connectivity index (χ1) is 13.9. The lowest BCUT2D eigenvalue weighted by molar-refractivity contribution is -0.135. The van der Waals surface area contributed by atoms with Gasteiger partial charge in [0.15, 0.2) is 0 Å². The highest BCUT2D eigenvalue weighted by Crippen LogP contribution is 2.20. The van der Waals surface area contributed by atoms with Gasteiger partial charge in [0.2, 0.25) is 0 Å². The first-order valence-electron chi connectivity index (χ1n) is 9.69. The fourth-order valence-electron chi connectivity index (χ4n) is 3.28. The van der Waals surface area contributed by atoms with Crippen LogP contribution in [0.4, 0.5) is 5.69 Å². The number of nitrogens with two attached hydrogens (primary N) is 1. The van der Waals surface area contributed by atoms with Gasteiger partial charge in [-0.3, -0.25) is 10.8 Å². The third-order valence-corrected chi connectivity index (χ3v) is 5.25. The zero-order valence-corrected chi connectivity index (χ0v) is 16.8. The largest absolute Gasteiger partial charge is 0.425 e. The summed E-state index contributed by atoms with van der Waals surface area (Å²) < 4.78 is 5.53. The van der Waals surface area contributed by atoms with Crippen molar-refractivity contribution in [2.75, 3.05) is 25.0 Å². The van der Waals surface area contributed by atoms with E-state index >= 15 is 0 Å². The minimum absolute atomic E-state index is 0.0185. The average Bonchev–Trinajstić information content (AvgIpc) is 3.27. The fourth-order valence-corrected chi connectivity index (χ4v) is 3.28. The number of hydrogen-bond acceptors (Lipinski definition) is 5. The SMILES string of the molecule is C[C@H](C(=O)Oc1ccc(C(=N)N2CCCC2)cc1)N(C)c1cccc(C(=N)N)c1. The minimum Gasteiger partial charge on any atom is -0.425 e. The second-order valence-corrected chi connectivity index (χ2v) is 7.24. The van der Waals surface area contributed by atoms with Crippen LogP contribution in [0.1, 0.15) is 30.9 Å². The van der Waals surface area contributed by atoms with Gasteiger partial charge < -0.3 is 20.3 Å². The summed E-state index contributed by atoms with van der Waals surface area (Å²) in [6.45, 7) is 3.61. The summed E-state index contributed by atoms with van der Waals surface area (Å²) in [7, 11) is 1.80. The topological polar surface area (TPSA) is 107 Å². The summed E-state index contributed by atoms with van der Waals surface area (Å²) in [4.78, 5) is 16.4. The molecule has 2 aromatic carbocycles. The number of ether oxygens (including phenoxy) is 1. The average molecular weight is 393 g/mol. The number of nitrogen functional groups attached to an aromatic ring is 1. The Morgan fingerprint density at radius 1 is 1.10 bits per heavy atom. The van der Waals surface area contributed by atoms with Crippen LogP contribution in [-0.2, 0) is 4.79 Å². The standard InChI is InChI=1S/C22H27N5O2/c1-15(26(2)18-7-5-6-17(14-18)20(23)24)22(28)29-19-10-8-16(9-11-19)21(25)27-12-3-4-13-27/h5-11,14-15,25H,3-4,12-13H2,1-2H3,(H3,23,24)/t15-/m1/s1. The Bertz CT molecular complexity index is 904. The molecule has 1 atom stereocenters. The molecule has 7 heteroatoms. The van der Waals surface area contributed by atoms with Crippen molar-refractivity contribution in [1.29, 1.82) is 10.8 Å². The lowest BCUT2D eigenvalue weighted by Gasteiger charge is -2.25. The van der Waals surface area contributed by atoms with Gasteiger partial charge in [-0.05, 0) is 56.2 Å². The summed E-state index contributed by atoms with van der Waals surface area (Å²) in [5.41, 5.74) is 7.74. The summed E-state index contributed by atoms with van der Waals surface area (Å²) in [6, 6.07) is 13.7. The van der Waals surface area contributed by atoms with Crippen molar-refractivity contribution in [3.8, 4) is 5.75 Å². The summed E-state index contributed by atoms with van der Waals surface area (Å²) in [6.07, 6.45) is 2.25. The van der Waals surface area contributed by atoms with Crippen molar-refractivity contribution >= 4 is 23.3 Å². The molecule has 29 heavy (non-hydrogen) atoms. The Labute approximate surface area is 171 Å². The Kier molecular flexibility index (Phi) is 6.16. The molecule has 1 aliphatic heterocycles. The molecule has 0 aromatic heterocycles. The number of esters is 1. The lowest BCUT2D eigenvalue weighted by Crippen LogP contribution is -2.38. The normalized spacial score (nSPS) is 14.3. The van der Waals surface area contributed by atoms with E-state index in [4.69, 9.17) is 21.3 Å². The first kappa shape index (κ1) is 20.4. The zero-order valence-electron chi connectivity index (χ0n) is 16.8. The van der Waals surface area contributed by atoms with E-state index in [9.17, 15) is 4.79 Å². The molecule has 0 aliphatic carbocycles. The Hall–Kier alpha value is -3.35. The lowest BCUT2D eigenvalue weighted by atomic mass is 10.1. The highest BCUT2D eigenvalue weighted by Gasteiger charge is 2.22. The third kappa shape index (κ3) is 4.74. The second kappa shape index (κ2) is 8.77. The van der Waals surface area contributed by atoms with Gasteiger partial charge in [0.1, 0.15) is 23.5 Å². The van der Waals surface area contributed by atoms with E-state index < -0.39 is 6.04 Å². The maximum absolute atomic E-state index is 12.6. The summed E-state index contributed by atoms with van der Waals surface area (Å²) >= 11 is 0. The number of carbonyl (C=O) groups is 1. The smallest absolute Gasteiger partial charge is 0.333 e. The molecule has 0 spiro atoms. The van der Waals surface area contributed by atoms with E-state index in [1.165, 1.54) is 0 Å². The van der Waals surface area contributed by atoms with Gasteiger partial charge in [0.05, 0.1) is 0 Å². The predicted molar refractivity (Wildman–Crippen MR) is 115 cm³/mol. The number of nitrogens with zero attached hydrogens (tertiary/aromatic N) is 2. The number of rotatable bonds is 6. The van der Waals surface area contributed by atoms with Crippen LogP contribution in [0.3, 0.4) is 0 Å². The molecule has 2 aromatic rings. The number of hydrogen-bond donors (Lipinski definition) is 3. The fraction of sp³-hybridized carbons (Fsp3) is 0.318. The van der Waals surface area contributed by atoms with Gasteiger partial charge in [0.25, 0.3) is 0 Å². The minimum atomic E-state index is -0.528. The number of anilines is 1. The molecule has 152 valence electrons. The van der Waals surface area contributed by atoms with E-state index in [0.29, 0.717) is 17.1 Å². The van der Waals surface area contributed by atoms with E-state index in [1.807, 2.05) is 18.2 Å². The molecule has 1 heterocycles. The van der Waals surface area contributed by atoms with Crippen LogP contribution < -0.4 is 15.4 Å². The van der Waals surface area contributed by atoms with Crippen LogP contribution in [0.2, 0.25) is 0 Å². The number of likely N-dealkylation sites (N-methyl/N-ethyl adjacent to an activating group) is 1. The number of benzene rings is 2. The Morgan fingerprint density at radius 3 is 2.38 bits per heavy atom. The number of nitrogens with one attached hydrogen (secondary N) is 2. The Morgan fingerprint density at radius 2 is 1.76 bits per heavy atom. The molecule has 0 saturated carbocycles. The molecule has 1 fully saturated rings. The second-order valence-electron chi connectivity index (χ2n) is 7.24. The maximum atomic E-state index is 12.6. The molecule has 0 radical (unpaired) electrons. The maximum Gasteiger partial charge on any atom is 0.333 e. The monoisotopic (exact) mass is 393 g/mol. The van der Waals surface area contributed by atoms with Crippen LogP contribution in [0.5, 0.6) is 5.75 Å². The first-order valence-corrected chi connectivity index (χ1v) is 9.69. The number of amidine groups is 2. The van der Waals surface area contributed by atoms with Crippen LogP contribution in [0.25, 0.3) is 0 Å². The summed E-state index contributed by atoms with van der Waals surface area (Å²) in [5, 5.41) is 15.9. The molecule has 4 N–H and O–H groups in total. The quantitative estimate of drug-likeness (QED) is 0.303. The molecule has 3 rings (SSSR count). The third-order valence-electron chi connectivity index (χ3n) is 5.25. The van der Waals surface area contributed by atoms with Crippen LogP contribution in [0.15, 0.2) is 48.5 Å². The van der Waals surface area contributed by atoms with Crippen LogP contribution in [0, 0.1) is 10.8 Å². The van der Waals surface area contributed by atoms with Crippen molar-refractivity contribution in [3.63, 3.8) is 0 Å². The van der Waals surface area contributed by atoms with E-state index in [2.05, 4.69) is 4.90 Å². The van der Waals surface area contributed by atoms with Crippen molar-refractivity contribution in [2.24, 2.45) is 5.73 Å². The van der Waals surface area contributed by atoms with Gasteiger partial charge in [-0.25, -0.2) is 4.79 Å². The van der Waals surface area contributed by atoms with Gasteiger partial charge in [-0.15, -0.1) is 0 Å². The number of carbonyl (C=O) groups excluding carboxylic acids is 1. The van der Waals surface area contributed by atoms with Gasteiger partial charge in [0, 0.05) is 37.0 Å². The molecule has 1 saturated heterocycles. The predicted octanol–water partition coefficient (Wildman–Crippen LogP) is 2.82. The van der Waals surface area contributed by atoms with E-state index in [-0.39, 0.29) is 11.8 Å². The molecule has 7 nitrogen and oxygen atoms in total. The van der Waals surface area contributed by atoms with Gasteiger partial charge in [-0.1, -0.05) is 12.1 Å². The highest BCUT2D eigenvalue weighted by molar-refractivity contribution is 5.97. The Balaban J connectivity index is 1.63. The molecule has 1 aliphatic rings. The van der Waals surface area contributed by atoms with Gasteiger partial charge in [-0.2, -0.15) is 0 Å². The van der Waals surface area contributed by atoms with Crippen molar-refractivity contribution in [1.82, 2.24) is 4.90 Å². The van der Waals surface area contributed by atoms with Gasteiger partial charge >= 0.3 is 5.97 Å². The van der Waals surface area contributed by atoms with Crippen molar-refractivity contribution < 1.29 is 9.53 Å². The van der Waals surface area contributed by atoms with Crippen molar-refractivity contribution in [3.05, 3.63) is 59.7 Å². The zero-order chi connectivity index (χ0) is 21.0. The highest BCUT2D eigenvalue weighted by atomic mass is 16.5. The molecule has 0 unspecified atom stereocenters. The molecular weight excluding hydrogens is 366 g/mol. The number of likely N-dealkylation sites (tertiary alicyclic amines) is 1.